The van der Waals surface area contributed by atoms with E-state index in [0.29, 0.717) is 5.92 Å². The molecule has 0 radical (unpaired) electrons. The molecule has 1 aliphatic heterocycles. The molecule has 1 atom stereocenters. The van der Waals surface area contributed by atoms with Crippen LogP contribution in [0.1, 0.15) is 17.5 Å². The lowest BCUT2D eigenvalue weighted by molar-refractivity contribution is 0.152. The van der Waals surface area contributed by atoms with Crippen molar-refractivity contribution in [3.8, 4) is 11.8 Å². The molecule has 0 spiro atoms. The van der Waals surface area contributed by atoms with E-state index in [1.165, 1.54) is 12.0 Å². The number of rotatable bonds is 4. The minimum atomic E-state index is -0.0893. The lowest BCUT2D eigenvalue weighted by Crippen LogP contribution is -2.21. The molecule has 19 heavy (non-hydrogen) atoms. The molecule has 3 nitrogen and oxygen atoms in total. The number of likely N-dealkylation sites (tertiary alicyclic amines) is 1. The number of aliphatic hydroxyl groups is 1. The molecule has 1 saturated heterocycles. The molecule has 0 aliphatic carbocycles. The van der Waals surface area contributed by atoms with Gasteiger partial charge in [-0.2, -0.15) is 0 Å². The summed E-state index contributed by atoms with van der Waals surface area (Å²) in [6.45, 7) is 3.90. The Hall–Kier alpha value is -1.34. The highest BCUT2D eigenvalue weighted by atomic mass is 16.5. The zero-order valence-electron chi connectivity index (χ0n) is 11.4. The topological polar surface area (TPSA) is 32.7 Å². The third kappa shape index (κ3) is 4.07. The highest BCUT2D eigenvalue weighted by Crippen LogP contribution is 2.20. The van der Waals surface area contributed by atoms with Gasteiger partial charge >= 0.3 is 0 Å². The molecule has 1 aromatic rings. The molecule has 1 heterocycles. The van der Waals surface area contributed by atoms with Crippen molar-refractivity contribution in [1.82, 2.24) is 4.90 Å². The smallest absolute Gasteiger partial charge is 0.104 e. The summed E-state index contributed by atoms with van der Waals surface area (Å²) in [6, 6.07) is 8.16. The van der Waals surface area contributed by atoms with Crippen molar-refractivity contribution in [1.29, 1.82) is 0 Å². The van der Waals surface area contributed by atoms with E-state index in [1.807, 2.05) is 18.2 Å². The van der Waals surface area contributed by atoms with Crippen molar-refractivity contribution >= 4 is 0 Å². The van der Waals surface area contributed by atoms with Crippen LogP contribution in [0.3, 0.4) is 0 Å². The standard InChI is InChI=1S/C16H21NO2/c1-19-13-14-8-9-17(11-14)12-16-6-3-2-5-15(16)7-4-10-18/h2-3,5-6,14,18H,8-13H2,1H3. The largest absolute Gasteiger partial charge is 0.384 e. The summed E-state index contributed by atoms with van der Waals surface area (Å²) < 4.78 is 5.22. The molecule has 1 N–H and O–H groups in total. The summed E-state index contributed by atoms with van der Waals surface area (Å²) in [6.07, 6.45) is 1.21. The fourth-order valence-corrected chi connectivity index (χ4v) is 2.58. The maximum Gasteiger partial charge on any atom is 0.104 e. The van der Waals surface area contributed by atoms with Gasteiger partial charge in [-0.1, -0.05) is 30.0 Å². The van der Waals surface area contributed by atoms with Crippen LogP contribution in [-0.4, -0.2) is 43.4 Å². The van der Waals surface area contributed by atoms with Crippen LogP contribution in [0.15, 0.2) is 24.3 Å². The molecular formula is C16H21NO2. The Kier molecular flexibility index (Phi) is 5.41. The third-order valence-corrected chi connectivity index (χ3v) is 3.49. The van der Waals surface area contributed by atoms with E-state index in [4.69, 9.17) is 9.84 Å². The van der Waals surface area contributed by atoms with Crippen molar-refractivity contribution < 1.29 is 9.84 Å². The van der Waals surface area contributed by atoms with E-state index in [2.05, 4.69) is 22.8 Å². The van der Waals surface area contributed by atoms with E-state index in [1.54, 1.807) is 7.11 Å². The molecule has 1 fully saturated rings. The second-order valence-corrected chi connectivity index (χ2v) is 4.96. The summed E-state index contributed by atoms with van der Waals surface area (Å²) in [5, 5.41) is 8.80. The second kappa shape index (κ2) is 7.30. The Morgan fingerprint density at radius 3 is 3.05 bits per heavy atom. The summed E-state index contributed by atoms with van der Waals surface area (Å²) in [4.78, 5) is 2.45. The number of hydrogen-bond donors (Lipinski definition) is 1. The molecule has 0 bridgehead atoms. The summed E-state index contributed by atoms with van der Waals surface area (Å²) in [5.74, 6) is 6.40. The number of methoxy groups -OCH3 is 1. The van der Waals surface area contributed by atoms with Crippen molar-refractivity contribution in [2.75, 3.05) is 33.4 Å². The SMILES string of the molecule is COCC1CCN(Cc2ccccc2C#CCO)C1. The van der Waals surface area contributed by atoms with Gasteiger partial charge in [0.1, 0.15) is 6.61 Å². The predicted molar refractivity (Wildman–Crippen MR) is 75.7 cm³/mol. The maximum atomic E-state index is 8.80. The minimum absolute atomic E-state index is 0.0893. The number of aliphatic hydroxyl groups excluding tert-OH is 1. The fraction of sp³-hybridized carbons (Fsp3) is 0.500. The second-order valence-electron chi connectivity index (χ2n) is 4.96. The first-order valence-electron chi connectivity index (χ1n) is 6.72. The van der Waals surface area contributed by atoms with Crippen LogP contribution in [0.4, 0.5) is 0 Å². The third-order valence-electron chi connectivity index (χ3n) is 3.49. The minimum Gasteiger partial charge on any atom is -0.384 e. The van der Waals surface area contributed by atoms with Gasteiger partial charge in [-0.05, 0) is 30.5 Å². The van der Waals surface area contributed by atoms with Crippen molar-refractivity contribution in [2.24, 2.45) is 5.92 Å². The van der Waals surface area contributed by atoms with Gasteiger partial charge in [-0.15, -0.1) is 0 Å². The average molecular weight is 259 g/mol. The molecule has 1 aromatic carbocycles. The molecule has 3 heteroatoms. The Morgan fingerprint density at radius 1 is 1.42 bits per heavy atom. The number of benzene rings is 1. The first kappa shape index (κ1) is 14.1. The van der Waals surface area contributed by atoms with Gasteiger partial charge in [-0.3, -0.25) is 4.90 Å². The quantitative estimate of drug-likeness (QED) is 0.832. The van der Waals surface area contributed by atoms with E-state index >= 15 is 0 Å². The molecule has 0 aromatic heterocycles. The van der Waals surface area contributed by atoms with Crippen LogP contribution in [-0.2, 0) is 11.3 Å². The zero-order chi connectivity index (χ0) is 13.5. The van der Waals surface area contributed by atoms with Crippen molar-refractivity contribution in [3.63, 3.8) is 0 Å². The van der Waals surface area contributed by atoms with Crippen LogP contribution in [0.25, 0.3) is 0 Å². The lowest BCUT2D eigenvalue weighted by atomic mass is 10.1. The van der Waals surface area contributed by atoms with Crippen molar-refractivity contribution in [2.45, 2.75) is 13.0 Å². The van der Waals surface area contributed by atoms with Gasteiger partial charge in [0.15, 0.2) is 0 Å². The van der Waals surface area contributed by atoms with Crippen LogP contribution >= 0.6 is 0 Å². The van der Waals surface area contributed by atoms with Crippen LogP contribution < -0.4 is 0 Å². The number of nitrogens with zero attached hydrogens (tertiary/aromatic N) is 1. The Balaban J connectivity index is 2.00. The summed E-state index contributed by atoms with van der Waals surface area (Å²) in [5.41, 5.74) is 2.26. The van der Waals surface area contributed by atoms with E-state index < -0.39 is 0 Å². The van der Waals surface area contributed by atoms with Crippen molar-refractivity contribution in [3.05, 3.63) is 35.4 Å². The monoisotopic (exact) mass is 259 g/mol. The predicted octanol–water partition coefficient (Wildman–Crippen LogP) is 1.50. The molecule has 0 saturated carbocycles. The Bertz CT molecular complexity index is 461. The van der Waals surface area contributed by atoms with Crippen LogP contribution in [0, 0.1) is 17.8 Å². The molecule has 1 unspecified atom stereocenters. The normalized spacial score (nSPS) is 19.2. The zero-order valence-corrected chi connectivity index (χ0v) is 11.4. The first-order valence-corrected chi connectivity index (χ1v) is 6.72. The first-order chi connectivity index (χ1) is 9.33. The van der Waals surface area contributed by atoms with E-state index in [0.717, 1.165) is 31.8 Å². The number of hydrogen-bond acceptors (Lipinski definition) is 3. The van der Waals surface area contributed by atoms with Crippen LogP contribution in [0.5, 0.6) is 0 Å². The van der Waals surface area contributed by atoms with Gasteiger partial charge < -0.3 is 9.84 Å². The molecule has 2 rings (SSSR count). The maximum absolute atomic E-state index is 8.80. The van der Waals surface area contributed by atoms with E-state index in [-0.39, 0.29) is 6.61 Å². The Labute approximate surface area is 115 Å². The highest BCUT2D eigenvalue weighted by Gasteiger charge is 2.22. The fourth-order valence-electron chi connectivity index (χ4n) is 2.58. The highest BCUT2D eigenvalue weighted by molar-refractivity contribution is 5.41. The van der Waals surface area contributed by atoms with Crippen LogP contribution in [0.2, 0.25) is 0 Å². The summed E-state index contributed by atoms with van der Waals surface area (Å²) >= 11 is 0. The molecule has 1 aliphatic rings. The van der Waals surface area contributed by atoms with Gasteiger partial charge in [0, 0.05) is 25.8 Å². The van der Waals surface area contributed by atoms with Gasteiger partial charge in [0.05, 0.1) is 6.61 Å². The van der Waals surface area contributed by atoms with Gasteiger partial charge in [0.2, 0.25) is 0 Å². The molecule has 0 amide bonds. The Morgan fingerprint density at radius 2 is 2.26 bits per heavy atom. The van der Waals surface area contributed by atoms with Gasteiger partial charge in [-0.25, -0.2) is 0 Å². The molecule has 102 valence electrons. The lowest BCUT2D eigenvalue weighted by Gasteiger charge is -2.17. The summed E-state index contributed by atoms with van der Waals surface area (Å²) in [7, 11) is 1.77. The number of ether oxygens (including phenoxy) is 1. The average Bonchev–Trinajstić information content (AvgIpc) is 2.86. The molecular weight excluding hydrogens is 238 g/mol. The van der Waals surface area contributed by atoms with E-state index in [9.17, 15) is 0 Å². The van der Waals surface area contributed by atoms with Gasteiger partial charge in [0.25, 0.3) is 0 Å².